The van der Waals surface area contributed by atoms with Gasteiger partial charge in [0.25, 0.3) is 0 Å². The maximum atomic E-state index is 12.1. The van der Waals surface area contributed by atoms with Crippen LogP contribution < -0.4 is 16.0 Å². The van der Waals surface area contributed by atoms with E-state index >= 15 is 0 Å². The van der Waals surface area contributed by atoms with Crippen molar-refractivity contribution in [3.63, 3.8) is 0 Å². The molecule has 5 nitrogen and oxygen atoms in total. The molecule has 1 fully saturated rings. The summed E-state index contributed by atoms with van der Waals surface area (Å²) in [5.74, 6) is 1.08. The van der Waals surface area contributed by atoms with Gasteiger partial charge in [-0.05, 0) is 55.5 Å². The van der Waals surface area contributed by atoms with Crippen LogP contribution in [-0.2, 0) is 17.9 Å². The lowest BCUT2D eigenvalue weighted by molar-refractivity contribution is -0.122. The van der Waals surface area contributed by atoms with Gasteiger partial charge in [-0.25, -0.2) is 0 Å². The van der Waals surface area contributed by atoms with Crippen LogP contribution in [0.25, 0.3) is 0 Å². The lowest BCUT2D eigenvalue weighted by Gasteiger charge is -2.24. The Morgan fingerprint density at radius 3 is 2.48 bits per heavy atom. The molecule has 156 valence electrons. The van der Waals surface area contributed by atoms with Gasteiger partial charge in [0.1, 0.15) is 0 Å². The van der Waals surface area contributed by atoms with Crippen molar-refractivity contribution in [2.75, 3.05) is 12.4 Å². The lowest BCUT2D eigenvalue weighted by atomic mass is 9.85. The van der Waals surface area contributed by atoms with E-state index in [0.29, 0.717) is 6.54 Å². The van der Waals surface area contributed by atoms with Crippen molar-refractivity contribution in [2.24, 2.45) is 10.9 Å². The smallest absolute Gasteiger partial charge is 0.227 e. The predicted molar refractivity (Wildman–Crippen MR) is 131 cm³/mol. The summed E-state index contributed by atoms with van der Waals surface area (Å²) in [6, 6.07) is 14.4. The first-order valence-corrected chi connectivity index (χ1v) is 9.95. The molecule has 0 radical (unpaired) electrons. The van der Waals surface area contributed by atoms with Crippen LogP contribution in [0, 0.1) is 19.8 Å². The molecule has 2 aromatic carbocycles. The van der Waals surface area contributed by atoms with E-state index in [1.165, 1.54) is 16.7 Å². The highest BCUT2D eigenvalue weighted by molar-refractivity contribution is 14.0. The fourth-order valence-corrected chi connectivity index (χ4v) is 3.30. The number of aliphatic imine (C=N–C) groups is 1. The maximum absolute atomic E-state index is 12.1. The molecule has 1 aliphatic carbocycles. The fourth-order valence-electron chi connectivity index (χ4n) is 3.30. The molecular formula is C23H31IN4O. The van der Waals surface area contributed by atoms with Gasteiger partial charge in [-0.15, -0.1) is 24.0 Å². The number of anilines is 1. The summed E-state index contributed by atoms with van der Waals surface area (Å²) < 4.78 is 0. The van der Waals surface area contributed by atoms with Crippen LogP contribution in [-0.4, -0.2) is 18.9 Å². The van der Waals surface area contributed by atoms with E-state index in [-0.39, 0.29) is 35.8 Å². The van der Waals surface area contributed by atoms with Crippen LogP contribution in [0.1, 0.15) is 41.5 Å². The Kier molecular flexibility index (Phi) is 8.95. The van der Waals surface area contributed by atoms with Crippen LogP contribution in [0.5, 0.6) is 0 Å². The average molecular weight is 506 g/mol. The van der Waals surface area contributed by atoms with Crippen molar-refractivity contribution in [3.05, 3.63) is 64.7 Å². The zero-order valence-corrected chi connectivity index (χ0v) is 19.7. The van der Waals surface area contributed by atoms with Crippen molar-refractivity contribution in [2.45, 2.75) is 46.2 Å². The number of nitrogens with zero attached hydrogens (tertiary/aromatic N) is 1. The summed E-state index contributed by atoms with van der Waals surface area (Å²) in [6.07, 6.45) is 3.18. The van der Waals surface area contributed by atoms with Crippen molar-refractivity contribution in [1.82, 2.24) is 10.6 Å². The minimum Gasteiger partial charge on any atom is -0.352 e. The summed E-state index contributed by atoms with van der Waals surface area (Å²) in [4.78, 5) is 16.4. The summed E-state index contributed by atoms with van der Waals surface area (Å²) in [7, 11) is 1.77. The second kappa shape index (κ2) is 11.2. The molecule has 1 saturated carbocycles. The molecule has 2 aromatic rings. The molecule has 0 atom stereocenters. The van der Waals surface area contributed by atoms with Crippen LogP contribution in [0.2, 0.25) is 0 Å². The number of hydrogen-bond donors (Lipinski definition) is 3. The summed E-state index contributed by atoms with van der Waals surface area (Å²) in [6.45, 7) is 5.60. The molecule has 0 aromatic heterocycles. The minimum atomic E-state index is 0. The first kappa shape index (κ1) is 23.2. The number of hydrogen-bond acceptors (Lipinski definition) is 2. The van der Waals surface area contributed by atoms with Crippen LogP contribution in [0.15, 0.2) is 47.5 Å². The van der Waals surface area contributed by atoms with Gasteiger partial charge in [0.2, 0.25) is 5.91 Å². The number of carbonyl (C=O) groups is 1. The average Bonchev–Trinajstić information content (AvgIpc) is 2.62. The van der Waals surface area contributed by atoms with Crippen molar-refractivity contribution in [1.29, 1.82) is 0 Å². The Morgan fingerprint density at radius 1 is 1.07 bits per heavy atom. The summed E-state index contributed by atoms with van der Waals surface area (Å²) in [5.41, 5.74) is 5.76. The quantitative estimate of drug-likeness (QED) is 0.307. The first-order chi connectivity index (χ1) is 13.5. The molecule has 1 amide bonds. The van der Waals surface area contributed by atoms with Crippen molar-refractivity contribution in [3.8, 4) is 0 Å². The van der Waals surface area contributed by atoms with E-state index in [1.807, 2.05) is 24.3 Å². The molecule has 0 saturated heterocycles. The molecule has 0 aliphatic heterocycles. The van der Waals surface area contributed by atoms with Crippen LogP contribution in [0.4, 0.5) is 5.69 Å². The van der Waals surface area contributed by atoms with Crippen LogP contribution in [0.3, 0.4) is 0 Å². The minimum absolute atomic E-state index is 0. The first-order valence-electron chi connectivity index (χ1n) is 9.95. The third kappa shape index (κ3) is 6.73. The lowest BCUT2D eigenvalue weighted by Crippen LogP contribution is -2.36. The number of guanidine groups is 1. The normalized spacial score (nSPS) is 13.8. The molecule has 1 aliphatic rings. The summed E-state index contributed by atoms with van der Waals surface area (Å²) >= 11 is 0. The number of nitrogens with one attached hydrogen (secondary N) is 3. The highest BCUT2D eigenvalue weighted by Gasteiger charge is 2.25. The molecule has 0 heterocycles. The fraction of sp³-hybridized carbons (Fsp3) is 0.391. The number of amides is 1. The number of halogens is 1. The highest BCUT2D eigenvalue weighted by Crippen LogP contribution is 2.27. The number of aryl methyl sites for hydroxylation is 2. The van der Waals surface area contributed by atoms with E-state index in [9.17, 15) is 4.79 Å². The molecule has 3 rings (SSSR count). The molecular weight excluding hydrogens is 475 g/mol. The maximum Gasteiger partial charge on any atom is 0.227 e. The Balaban J connectivity index is 0.00000300. The van der Waals surface area contributed by atoms with Gasteiger partial charge < -0.3 is 16.0 Å². The number of benzene rings is 2. The third-order valence-electron chi connectivity index (χ3n) is 5.30. The molecule has 0 spiro atoms. The molecule has 0 unspecified atom stereocenters. The Morgan fingerprint density at radius 2 is 1.83 bits per heavy atom. The van der Waals surface area contributed by atoms with Crippen LogP contribution >= 0.6 is 24.0 Å². The second-order valence-electron chi connectivity index (χ2n) is 7.53. The van der Waals surface area contributed by atoms with Gasteiger partial charge in [0, 0.05) is 31.7 Å². The number of rotatable bonds is 6. The topological polar surface area (TPSA) is 65.5 Å². The van der Waals surface area contributed by atoms with Gasteiger partial charge in [-0.3, -0.25) is 9.79 Å². The Bertz CT molecular complexity index is 862. The zero-order valence-electron chi connectivity index (χ0n) is 17.4. The largest absolute Gasteiger partial charge is 0.352 e. The van der Waals surface area contributed by atoms with E-state index in [0.717, 1.165) is 43.0 Å². The standard InChI is InChI=1S/C23H30N4O.HI/c1-16-10-11-20(17(2)12-16)15-26-23(24-3)25-14-18-6-4-9-21(13-18)27-22(28)19-7-5-8-19;/h4,6,9-13,19H,5,7-8,14-15H2,1-3H3,(H,27,28)(H2,24,25,26);1H. The van der Waals surface area contributed by atoms with E-state index in [4.69, 9.17) is 0 Å². The van der Waals surface area contributed by atoms with Gasteiger partial charge >= 0.3 is 0 Å². The SMILES string of the molecule is CN=C(NCc1cccc(NC(=O)C2CCC2)c1)NCc1ccc(C)cc1C.I. The van der Waals surface area contributed by atoms with E-state index in [1.54, 1.807) is 7.05 Å². The highest BCUT2D eigenvalue weighted by atomic mass is 127. The van der Waals surface area contributed by atoms with E-state index < -0.39 is 0 Å². The Labute approximate surface area is 190 Å². The monoisotopic (exact) mass is 506 g/mol. The zero-order chi connectivity index (χ0) is 19.9. The Hall–Kier alpha value is -2.09. The predicted octanol–water partition coefficient (Wildman–Crippen LogP) is 4.53. The van der Waals surface area contributed by atoms with Gasteiger partial charge in [-0.2, -0.15) is 0 Å². The number of carbonyl (C=O) groups excluding carboxylic acids is 1. The molecule has 0 bridgehead atoms. The van der Waals surface area contributed by atoms with Gasteiger partial charge in [0.15, 0.2) is 5.96 Å². The van der Waals surface area contributed by atoms with Crippen molar-refractivity contribution >= 4 is 41.5 Å². The second-order valence-corrected chi connectivity index (χ2v) is 7.53. The summed E-state index contributed by atoms with van der Waals surface area (Å²) in [5, 5.41) is 9.73. The molecule has 3 N–H and O–H groups in total. The van der Waals surface area contributed by atoms with Gasteiger partial charge in [-0.1, -0.05) is 42.3 Å². The van der Waals surface area contributed by atoms with Crippen molar-refractivity contribution < 1.29 is 4.79 Å². The van der Waals surface area contributed by atoms with Gasteiger partial charge in [0.05, 0.1) is 0 Å². The molecule has 6 heteroatoms. The molecule has 29 heavy (non-hydrogen) atoms. The third-order valence-corrected chi connectivity index (χ3v) is 5.30. The van der Waals surface area contributed by atoms with E-state index in [2.05, 4.69) is 53.0 Å².